The van der Waals surface area contributed by atoms with Crippen molar-refractivity contribution < 1.29 is 9.18 Å². The summed E-state index contributed by atoms with van der Waals surface area (Å²) in [7, 11) is 0. The van der Waals surface area contributed by atoms with Gasteiger partial charge in [-0.05, 0) is 43.5 Å². The molecule has 0 aromatic heterocycles. The fourth-order valence-corrected chi connectivity index (χ4v) is 2.47. The van der Waals surface area contributed by atoms with Gasteiger partial charge in [0, 0.05) is 5.56 Å². The zero-order valence-corrected chi connectivity index (χ0v) is 12.8. The van der Waals surface area contributed by atoms with E-state index >= 15 is 0 Å². The Labute approximate surface area is 125 Å². The minimum Gasteiger partial charge on any atom is -0.293 e. The standard InChI is InChI=1S/C19H21FO/c1-4-5-14-6-8-15(9-7-14)18(21)19(2,3)16-10-12-17(20)13-11-16/h6-13H,4-5H2,1-3H3. The first-order valence-electron chi connectivity index (χ1n) is 7.35. The monoisotopic (exact) mass is 284 g/mol. The van der Waals surface area contributed by atoms with Crippen molar-refractivity contribution in [1.29, 1.82) is 0 Å². The van der Waals surface area contributed by atoms with Crippen molar-refractivity contribution in [3.8, 4) is 0 Å². The van der Waals surface area contributed by atoms with Gasteiger partial charge in [0.15, 0.2) is 5.78 Å². The summed E-state index contributed by atoms with van der Waals surface area (Å²) in [5.41, 5.74) is 2.10. The Morgan fingerprint density at radius 3 is 2.10 bits per heavy atom. The van der Waals surface area contributed by atoms with Crippen molar-refractivity contribution in [2.75, 3.05) is 0 Å². The number of aryl methyl sites for hydroxylation is 1. The van der Waals surface area contributed by atoms with Crippen molar-refractivity contribution in [3.63, 3.8) is 0 Å². The maximum atomic E-state index is 13.0. The molecular weight excluding hydrogens is 263 g/mol. The molecule has 0 saturated heterocycles. The van der Waals surface area contributed by atoms with Gasteiger partial charge in [-0.3, -0.25) is 4.79 Å². The molecule has 2 aromatic carbocycles. The Hall–Kier alpha value is -1.96. The van der Waals surface area contributed by atoms with Crippen LogP contribution in [0.5, 0.6) is 0 Å². The SMILES string of the molecule is CCCc1ccc(C(=O)C(C)(C)c2ccc(F)cc2)cc1. The number of rotatable bonds is 5. The molecule has 0 heterocycles. The number of halogens is 1. The van der Waals surface area contributed by atoms with Gasteiger partial charge in [-0.15, -0.1) is 0 Å². The number of carbonyl (C=O) groups excluding carboxylic acids is 1. The molecule has 110 valence electrons. The van der Waals surface area contributed by atoms with Crippen molar-refractivity contribution >= 4 is 5.78 Å². The second-order valence-corrected chi connectivity index (χ2v) is 5.91. The summed E-state index contributed by atoms with van der Waals surface area (Å²) in [6.45, 7) is 5.89. The molecule has 0 aliphatic rings. The van der Waals surface area contributed by atoms with Crippen molar-refractivity contribution in [2.24, 2.45) is 0 Å². The van der Waals surface area contributed by atoms with Gasteiger partial charge in [-0.1, -0.05) is 49.7 Å². The minimum absolute atomic E-state index is 0.0529. The van der Waals surface area contributed by atoms with Crippen LogP contribution in [0.4, 0.5) is 4.39 Å². The van der Waals surface area contributed by atoms with Crippen LogP contribution in [0.2, 0.25) is 0 Å². The van der Waals surface area contributed by atoms with E-state index in [-0.39, 0.29) is 11.6 Å². The zero-order valence-electron chi connectivity index (χ0n) is 12.8. The average molecular weight is 284 g/mol. The molecule has 1 nitrogen and oxygen atoms in total. The van der Waals surface area contributed by atoms with Crippen LogP contribution in [0.1, 0.15) is 48.7 Å². The van der Waals surface area contributed by atoms with Gasteiger partial charge in [0.25, 0.3) is 0 Å². The quantitative estimate of drug-likeness (QED) is 0.711. The predicted octanol–water partition coefficient (Wildman–Crippen LogP) is 4.94. The van der Waals surface area contributed by atoms with Crippen LogP contribution in [0, 0.1) is 5.82 Å². The summed E-state index contributed by atoms with van der Waals surface area (Å²) >= 11 is 0. The van der Waals surface area contributed by atoms with Gasteiger partial charge in [0.1, 0.15) is 5.82 Å². The third kappa shape index (κ3) is 3.38. The van der Waals surface area contributed by atoms with E-state index in [9.17, 15) is 9.18 Å². The molecule has 21 heavy (non-hydrogen) atoms. The minimum atomic E-state index is -0.667. The van der Waals surface area contributed by atoms with Gasteiger partial charge >= 0.3 is 0 Å². The maximum Gasteiger partial charge on any atom is 0.172 e. The van der Waals surface area contributed by atoms with Crippen LogP contribution in [0.25, 0.3) is 0 Å². The molecule has 0 atom stereocenters. The third-order valence-electron chi connectivity index (χ3n) is 3.89. The van der Waals surface area contributed by atoms with Gasteiger partial charge in [-0.2, -0.15) is 0 Å². The van der Waals surface area contributed by atoms with Crippen LogP contribution < -0.4 is 0 Å². The van der Waals surface area contributed by atoms with Gasteiger partial charge in [-0.25, -0.2) is 4.39 Å². The normalized spacial score (nSPS) is 11.4. The molecule has 0 saturated carbocycles. The van der Waals surface area contributed by atoms with Crippen LogP contribution in [-0.4, -0.2) is 5.78 Å². The lowest BCUT2D eigenvalue weighted by Gasteiger charge is -2.24. The molecule has 0 bridgehead atoms. The highest BCUT2D eigenvalue weighted by molar-refractivity contribution is 6.03. The predicted molar refractivity (Wildman–Crippen MR) is 84.2 cm³/mol. The molecule has 0 spiro atoms. The number of benzene rings is 2. The van der Waals surface area contributed by atoms with Crippen LogP contribution >= 0.6 is 0 Å². The Bertz CT molecular complexity index is 609. The average Bonchev–Trinajstić information content (AvgIpc) is 2.48. The van der Waals surface area contributed by atoms with E-state index in [1.54, 1.807) is 12.1 Å². The highest BCUT2D eigenvalue weighted by atomic mass is 19.1. The van der Waals surface area contributed by atoms with E-state index in [0.717, 1.165) is 18.4 Å². The fourth-order valence-electron chi connectivity index (χ4n) is 2.47. The van der Waals surface area contributed by atoms with E-state index in [2.05, 4.69) is 6.92 Å². The topological polar surface area (TPSA) is 17.1 Å². The van der Waals surface area contributed by atoms with Crippen molar-refractivity contribution in [2.45, 2.75) is 39.0 Å². The highest BCUT2D eigenvalue weighted by Gasteiger charge is 2.30. The number of carbonyl (C=O) groups is 1. The molecule has 0 fully saturated rings. The van der Waals surface area contributed by atoms with Gasteiger partial charge in [0.05, 0.1) is 5.41 Å². The van der Waals surface area contributed by atoms with Crippen LogP contribution in [-0.2, 0) is 11.8 Å². The fraction of sp³-hybridized carbons (Fsp3) is 0.316. The van der Waals surface area contributed by atoms with Gasteiger partial charge in [0.2, 0.25) is 0 Å². The van der Waals surface area contributed by atoms with Crippen LogP contribution in [0.15, 0.2) is 48.5 Å². The summed E-state index contributed by atoms with van der Waals surface area (Å²) in [6, 6.07) is 14.0. The van der Waals surface area contributed by atoms with Gasteiger partial charge < -0.3 is 0 Å². The first kappa shape index (κ1) is 15.4. The summed E-state index contributed by atoms with van der Waals surface area (Å²) in [6.07, 6.45) is 2.12. The van der Waals surface area contributed by atoms with E-state index in [0.29, 0.717) is 5.56 Å². The molecule has 0 aliphatic carbocycles. The van der Waals surface area contributed by atoms with Crippen molar-refractivity contribution in [3.05, 3.63) is 71.0 Å². The highest BCUT2D eigenvalue weighted by Crippen LogP contribution is 2.28. The van der Waals surface area contributed by atoms with E-state index in [4.69, 9.17) is 0 Å². The third-order valence-corrected chi connectivity index (χ3v) is 3.89. The van der Waals surface area contributed by atoms with Crippen molar-refractivity contribution in [1.82, 2.24) is 0 Å². The lowest BCUT2D eigenvalue weighted by atomic mass is 9.78. The summed E-state index contributed by atoms with van der Waals surface area (Å²) in [5, 5.41) is 0. The number of Topliss-reactive ketones (excluding diaryl/α,β-unsaturated/α-hetero) is 1. The Balaban J connectivity index is 2.26. The van der Waals surface area contributed by atoms with E-state index in [1.165, 1.54) is 17.7 Å². The molecule has 2 aromatic rings. The number of ketones is 1. The molecule has 0 N–H and O–H groups in total. The first-order chi connectivity index (χ1) is 9.95. The Kier molecular flexibility index (Phi) is 4.56. The van der Waals surface area contributed by atoms with E-state index in [1.807, 2.05) is 38.1 Å². The molecule has 0 unspecified atom stereocenters. The lowest BCUT2D eigenvalue weighted by Crippen LogP contribution is -2.29. The van der Waals surface area contributed by atoms with E-state index < -0.39 is 5.41 Å². The molecule has 2 rings (SSSR count). The zero-order chi connectivity index (χ0) is 15.5. The molecule has 0 aliphatic heterocycles. The number of hydrogen-bond donors (Lipinski definition) is 0. The number of hydrogen-bond acceptors (Lipinski definition) is 1. The lowest BCUT2D eigenvalue weighted by molar-refractivity contribution is 0.0908. The molecule has 0 radical (unpaired) electrons. The second-order valence-electron chi connectivity index (χ2n) is 5.91. The summed E-state index contributed by atoms with van der Waals surface area (Å²) in [5.74, 6) is -0.233. The maximum absolute atomic E-state index is 13.0. The Morgan fingerprint density at radius 1 is 1.00 bits per heavy atom. The second kappa shape index (κ2) is 6.21. The summed E-state index contributed by atoms with van der Waals surface area (Å²) in [4.78, 5) is 12.7. The molecular formula is C19H21FO. The van der Waals surface area contributed by atoms with Crippen LogP contribution in [0.3, 0.4) is 0 Å². The molecule has 0 amide bonds. The smallest absolute Gasteiger partial charge is 0.172 e. The Morgan fingerprint density at radius 2 is 1.57 bits per heavy atom. The summed E-state index contributed by atoms with van der Waals surface area (Å²) < 4.78 is 13.0. The largest absolute Gasteiger partial charge is 0.293 e. The first-order valence-corrected chi connectivity index (χ1v) is 7.35. The molecule has 2 heteroatoms.